The lowest BCUT2D eigenvalue weighted by Gasteiger charge is -2.22. The summed E-state index contributed by atoms with van der Waals surface area (Å²) in [5.74, 6) is -0.0633. The molecule has 4 aromatic rings. The highest BCUT2D eigenvalue weighted by Gasteiger charge is 2.22. The third kappa shape index (κ3) is 5.51. The number of nitrogens with zero attached hydrogens (tertiary/aromatic N) is 3. The zero-order valence-corrected chi connectivity index (χ0v) is 22.9. The van der Waals surface area contributed by atoms with E-state index >= 15 is 0 Å². The van der Waals surface area contributed by atoms with Crippen LogP contribution in [-0.2, 0) is 14.8 Å². The first-order chi connectivity index (χ1) is 17.7. The number of aryl methyl sites for hydroxylation is 3. The molecule has 0 unspecified atom stereocenters. The molecule has 2 aromatic carbocycles. The highest BCUT2D eigenvalue weighted by Crippen LogP contribution is 2.28. The summed E-state index contributed by atoms with van der Waals surface area (Å²) in [7, 11) is -3.58. The predicted octanol–water partition coefficient (Wildman–Crippen LogP) is 5.15. The van der Waals surface area contributed by atoms with Gasteiger partial charge in [-0.05, 0) is 86.7 Å². The van der Waals surface area contributed by atoms with Crippen molar-refractivity contribution in [2.45, 2.75) is 69.0 Å². The average molecular weight is 538 g/mol. The van der Waals surface area contributed by atoms with Crippen LogP contribution in [0.25, 0.3) is 16.6 Å². The SMILES string of the molecule is Cc1cc(C)c2cc(C)c3nnc(SCC(=O)Nc4ccc(S(=O)(=O)NC5CCCCC5)cc4)n3c2c1. The van der Waals surface area contributed by atoms with Gasteiger partial charge < -0.3 is 5.32 Å². The lowest BCUT2D eigenvalue weighted by molar-refractivity contribution is -0.113. The van der Waals surface area contributed by atoms with Crippen LogP contribution < -0.4 is 10.0 Å². The van der Waals surface area contributed by atoms with Crippen LogP contribution in [0.4, 0.5) is 5.69 Å². The summed E-state index contributed by atoms with van der Waals surface area (Å²) in [5, 5.41) is 13.3. The first kappa shape index (κ1) is 25.7. The molecule has 0 aliphatic heterocycles. The highest BCUT2D eigenvalue weighted by atomic mass is 32.2. The number of rotatable bonds is 7. The van der Waals surface area contributed by atoms with Crippen molar-refractivity contribution in [1.82, 2.24) is 19.3 Å². The maximum absolute atomic E-state index is 12.7. The number of fused-ring (bicyclic) bond motifs is 3. The standard InChI is InChI=1S/C27H31N5O3S2/c1-17-13-18(2)23-15-19(3)26-29-30-27(32(26)24(23)14-17)36-16-25(33)28-20-9-11-22(12-10-20)37(34,35)31-21-7-5-4-6-8-21/h9-15,21,31H,4-8,16H2,1-3H3,(H,28,33). The Morgan fingerprint density at radius 1 is 1.00 bits per heavy atom. The van der Waals surface area contributed by atoms with Crippen LogP contribution in [0.2, 0.25) is 0 Å². The summed E-state index contributed by atoms with van der Waals surface area (Å²) in [6.45, 7) is 6.16. The van der Waals surface area contributed by atoms with Crippen molar-refractivity contribution in [3.8, 4) is 0 Å². The number of carbonyl (C=O) groups is 1. The zero-order chi connectivity index (χ0) is 26.2. The van der Waals surface area contributed by atoms with Crippen LogP contribution >= 0.6 is 11.8 Å². The van der Waals surface area contributed by atoms with Crippen molar-refractivity contribution in [2.24, 2.45) is 0 Å². The number of thioether (sulfide) groups is 1. The molecule has 0 radical (unpaired) electrons. The van der Waals surface area contributed by atoms with Gasteiger partial charge in [-0.15, -0.1) is 10.2 Å². The maximum Gasteiger partial charge on any atom is 0.240 e. The van der Waals surface area contributed by atoms with Gasteiger partial charge in [-0.25, -0.2) is 13.1 Å². The Bertz CT molecular complexity index is 1570. The maximum atomic E-state index is 12.7. The summed E-state index contributed by atoms with van der Waals surface area (Å²) in [6, 6.07) is 12.7. The van der Waals surface area contributed by atoms with E-state index in [1.807, 2.05) is 11.3 Å². The van der Waals surface area contributed by atoms with Gasteiger partial charge in [0.05, 0.1) is 16.2 Å². The van der Waals surface area contributed by atoms with Crippen molar-refractivity contribution < 1.29 is 13.2 Å². The molecule has 1 aliphatic rings. The predicted molar refractivity (Wildman–Crippen MR) is 148 cm³/mol. The Kier molecular flexibility index (Phi) is 7.24. The Morgan fingerprint density at radius 3 is 2.46 bits per heavy atom. The molecular weight excluding hydrogens is 506 g/mol. The molecule has 2 heterocycles. The Hall–Kier alpha value is -2.95. The van der Waals surface area contributed by atoms with Gasteiger partial charge in [0, 0.05) is 17.1 Å². The van der Waals surface area contributed by atoms with Crippen molar-refractivity contribution in [3.63, 3.8) is 0 Å². The number of anilines is 1. The van der Waals surface area contributed by atoms with Crippen LogP contribution in [0.15, 0.2) is 52.5 Å². The number of amides is 1. The zero-order valence-electron chi connectivity index (χ0n) is 21.2. The average Bonchev–Trinajstić information content (AvgIpc) is 3.29. The lowest BCUT2D eigenvalue weighted by Crippen LogP contribution is -2.36. The summed E-state index contributed by atoms with van der Waals surface area (Å²) >= 11 is 1.32. The van der Waals surface area contributed by atoms with Crippen molar-refractivity contribution in [1.29, 1.82) is 0 Å². The third-order valence-electron chi connectivity index (χ3n) is 6.80. The Labute approximate surface area is 221 Å². The number of hydrogen-bond donors (Lipinski definition) is 2. The molecule has 194 valence electrons. The summed E-state index contributed by atoms with van der Waals surface area (Å²) < 4.78 is 30.3. The van der Waals surface area contributed by atoms with E-state index in [1.165, 1.54) is 29.5 Å². The van der Waals surface area contributed by atoms with E-state index in [9.17, 15) is 13.2 Å². The van der Waals surface area contributed by atoms with Gasteiger partial charge in [0.25, 0.3) is 0 Å². The van der Waals surface area contributed by atoms with Crippen LogP contribution in [0.5, 0.6) is 0 Å². The van der Waals surface area contributed by atoms with Gasteiger partial charge in [-0.3, -0.25) is 9.20 Å². The molecule has 0 atom stereocenters. The van der Waals surface area contributed by atoms with Crippen LogP contribution in [0.3, 0.4) is 0 Å². The van der Waals surface area contributed by atoms with Crippen molar-refractivity contribution in [3.05, 3.63) is 59.2 Å². The van der Waals surface area contributed by atoms with Crippen molar-refractivity contribution >= 4 is 49.9 Å². The second-order valence-corrected chi connectivity index (χ2v) is 12.5. The number of carbonyl (C=O) groups excluding carboxylic acids is 1. The molecule has 1 amide bonds. The van der Waals surface area contributed by atoms with Crippen LogP contribution in [0, 0.1) is 20.8 Å². The Morgan fingerprint density at radius 2 is 1.73 bits per heavy atom. The minimum Gasteiger partial charge on any atom is -0.325 e. The first-order valence-electron chi connectivity index (χ1n) is 12.5. The van der Waals surface area contributed by atoms with Crippen molar-refractivity contribution in [2.75, 3.05) is 11.1 Å². The van der Waals surface area contributed by atoms with Crippen LogP contribution in [-0.4, -0.2) is 40.7 Å². The molecule has 2 N–H and O–H groups in total. The van der Waals surface area contributed by atoms with Gasteiger partial charge in [-0.2, -0.15) is 0 Å². The fourth-order valence-corrected chi connectivity index (χ4v) is 7.05. The van der Waals surface area contributed by atoms with E-state index in [-0.39, 0.29) is 22.6 Å². The fourth-order valence-electron chi connectivity index (χ4n) is 5.00. The Balaban J connectivity index is 1.27. The van der Waals surface area contributed by atoms with Crippen LogP contribution in [0.1, 0.15) is 48.8 Å². The monoisotopic (exact) mass is 537 g/mol. The van der Waals surface area contributed by atoms with Gasteiger partial charge in [0.1, 0.15) is 0 Å². The van der Waals surface area contributed by atoms with E-state index in [1.54, 1.807) is 12.1 Å². The molecule has 8 nitrogen and oxygen atoms in total. The number of aromatic nitrogens is 3. The molecule has 37 heavy (non-hydrogen) atoms. The second kappa shape index (κ2) is 10.4. The van der Waals surface area contributed by atoms with E-state index in [2.05, 4.69) is 52.3 Å². The number of sulfonamides is 1. The number of hydrogen-bond acceptors (Lipinski definition) is 6. The second-order valence-electron chi connectivity index (χ2n) is 9.80. The molecule has 2 aromatic heterocycles. The molecule has 0 bridgehead atoms. The van der Waals surface area contributed by atoms with Gasteiger partial charge in [0.2, 0.25) is 15.9 Å². The smallest absolute Gasteiger partial charge is 0.240 e. The van der Waals surface area contributed by atoms with Gasteiger partial charge in [0.15, 0.2) is 10.8 Å². The molecule has 10 heteroatoms. The van der Waals surface area contributed by atoms with E-state index < -0.39 is 10.0 Å². The molecule has 5 rings (SSSR count). The molecule has 1 fully saturated rings. The summed E-state index contributed by atoms with van der Waals surface area (Å²) in [6.07, 6.45) is 5.02. The lowest BCUT2D eigenvalue weighted by atomic mass is 9.96. The molecular formula is C27H31N5O3S2. The first-order valence-corrected chi connectivity index (χ1v) is 15.0. The quantitative estimate of drug-likeness (QED) is 0.316. The molecule has 0 spiro atoms. The number of pyridine rings is 1. The molecule has 1 saturated carbocycles. The third-order valence-corrected chi connectivity index (χ3v) is 9.27. The topological polar surface area (TPSA) is 105 Å². The van der Waals surface area contributed by atoms with Gasteiger partial charge >= 0.3 is 0 Å². The summed E-state index contributed by atoms with van der Waals surface area (Å²) in [4.78, 5) is 12.9. The van der Waals surface area contributed by atoms with Gasteiger partial charge in [-0.1, -0.05) is 37.1 Å². The molecule has 1 aliphatic carbocycles. The van der Waals surface area contributed by atoms with E-state index in [0.29, 0.717) is 10.8 Å². The molecule has 0 saturated heterocycles. The van der Waals surface area contributed by atoms with E-state index in [4.69, 9.17) is 0 Å². The minimum absolute atomic E-state index is 0.00266. The summed E-state index contributed by atoms with van der Waals surface area (Å²) in [5.41, 5.74) is 5.69. The van der Waals surface area contributed by atoms with E-state index in [0.717, 1.165) is 59.8 Å². The number of nitrogens with one attached hydrogen (secondary N) is 2. The largest absolute Gasteiger partial charge is 0.325 e. The minimum atomic E-state index is -3.58. The normalized spacial score (nSPS) is 14.9. The highest BCUT2D eigenvalue weighted by molar-refractivity contribution is 7.99. The number of benzene rings is 2. The fraction of sp³-hybridized carbons (Fsp3) is 0.370.